The van der Waals surface area contributed by atoms with E-state index in [1.165, 1.54) is 0 Å². The number of nitrogens with zero attached hydrogens (tertiary/aromatic N) is 2. The van der Waals surface area contributed by atoms with E-state index in [2.05, 4.69) is 9.62 Å². The van der Waals surface area contributed by atoms with Gasteiger partial charge in [0.15, 0.2) is 10.5 Å². The van der Waals surface area contributed by atoms with Gasteiger partial charge in [0.25, 0.3) is 0 Å². The minimum absolute atomic E-state index is 0.199. The fourth-order valence-corrected chi connectivity index (χ4v) is 0.809. The van der Waals surface area contributed by atoms with Crippen LogP contribution >= 0.6 is 0 Å². The Balaban J connectivity index is 2.88. The second-order valence-corrected chi connectivity index (χ2v) is 1.90. The minimum atomic E-state index is 0.199. The van der Waals surface area contributed by atoms with Gasteiger partial charge in [0, 0.05) is 0 Å². The summed E-state index contributed by atoms with van der Waals surface area (Å²) in [6.07, 6.45) is 0. The number of hydrogen-bond acceptors (Lipinski definition) is 3. The number of aromatic nitrogens is 2. The molecule has 0 radical (unpaired) electrons. The van der Waals surface area contributed by atoms with Crippen LogP contribution in [0.5, 0.6) is 0 Å². The van der Waals surface area contributed by atoms with Crippen molar-refractivity contribution >= 4 is 11.1 Å². The van der Waals surface area contributed by atoms with Crippen molar-refractivity contribution in [1.82, 2.24) is 5.10 Å². The molecular weight excluding hydrogens is 132 g/mol. The molecule has 50 valence electrons. The molecule has 0 bridgehead atoms. The molecule has 2 rings (SSSR count). The average Bonchev–Trinajstić information content (AvgIpc) is 2.27. The highest BCUT2D eigenvalue weighted by atomic mass is 16.7. The molecule has 0 unspecified atom stereocenters. The first-order chi connectivity index (χ1) is 4.86. The van der Waals surface area contributed by atoms with Gasteiger partial charge in [-0.2, -0.15) is 0 Å². The van der Waals surface area contributed by atoms with Crippen molar-refractivity contribution in [1.29, 1.82) is 0 Å². The molecular formula is C6H4N2O2. The fraction of sp³-hybridized carbons (Fsp3) is 0. The van der Waals surface area contributed by atoms with Gasteiger partial charge in [-0.1, -0.05) is 12.1 Å². The summed E-state index contributed by atoms with van der Waals surface area (Å²) in [5.74, 6) is 0. The molecule has 0 saturated heterocycles. The smallest absolute Gasteiger partial charge is 0.179 e. The Kier molecular flexibility index (Phi) is 0.887. The van der Waals surface area contributed by atoms with Crippen molar-refractivity contribution in [3.8, 4) is 0 Å². The third kappa shape index (κ3) is 0.621. The SMILES string of the molecule is [O-][n+]1nc2ccccc2o1. The van der Waals surface area contributed by atoms with Gasteiger partial charge in [0.2, 0.25) is 0 Å². The lowest BCUT2D eigenvalue weighted by Gasteiger charge is -1.78. The zero-order valence-electron chi connectivity index (χ0n) is 5.02. The highest BCUT2D eigenvalue weighted by Crippen LogP contribution is 2.06. The zero-order valence-corrected chi connectivity index (χ0v) is 5.02. The van der Waals surface area contributed by atoms with E-state index in [1.54, 1.807) is 24.3 Å². The molecule has 10 heavy (non-hydrogen) atoms. The predicted octanol–water partition coefficient (Wildman–Crippen LogP) is 0.461. The monoisotopic (exact) mass is 136 g/mol. The Bertz CT molecular complexity index is 322. The summed E-state index contributed by atoms with van der Waals surface area (Å²) in [5, 5.41) is 14.1. The molecule has 4 nitrogen and oxygen atoms in total. The maximum absolute atomic E-state index is 10.4. The third-order valence-electron chi connectivity index (χ3n) is 1.23. The Labute approximate surface area is 56.2 Å². The zero-order chi connectivity index (χ0) is 6.97. The lowest BCUT2D eigenvalue weighted by molar-refractivity contribution is -0.836. The molecule has 1 heterocycles. The molecule has 0 spiro atoms. The molecule has 0 N–H and O–H groups in total. The van der Waals surface area contributed by atoms with Gasteiger partial charge in [0.1, 0.15) is 5.58 Å². The van der Waals surface area contributed by atoms with Crippen molar-refractivity contribution in [3.05, 3.63) is 29.5 Å². The van der Waals surface area contributed by atoms with E-state index in [4.69, 9.17) is 0 Å². The Morgan fingerprint density at radius 2 is 2.20 bits per heavy atom. The van der Waals surface area contributed by atoms with Gasteiger partial charge in [-0.05, 0) is 12.1 Å². The first-order valence-corrected chi connectivity index (χ1v) is 2.82. The van der Waals surface area contributed by atoms with Crippen LogP contribution < -0.4 is 5.02 Å². The van der Waals surface area contributed by atoms with Crippen LogP contribution in [0.2, 0.25) is 0 Å². The lowest BCUT2D eigenvalue weighted by atomic mass is 10.3. The molecule has 4 heteroatoms. The van der Waals surface area contributed by atoms with Crippen LogP contribution in [-0.2, 0) is 0 Å². The number of fused-ring (bicyclic) bond motifs is 1. The second-order valence-electron chi connectivity index (χ2n) is 1.90. The maximum atomic E-state index is 10.4. The van der Waals surface area contributed by atoms with E-state index in [0.29, 0.717) is 11.1 Å². The van der Waals surface area contributed by atoms with Crippen LogP contribution in [0.15, 0.2) is 28.8 Å². The van der Waals surface area contributed by atoms with Crippen molar-refractivity contribution in [2.75, 3.05) is 0 Å². The van der Waals surface area contributed by atoms with Crippen LogP contribution in [0.3, 0.4) is 0 Å². The van der Waals surface area contributed by atoms with E-state index in [0.717, 1.165) is 0 Å². The van der Waals surface area contributed by atoms with Gasteiger partial charge < -0.3 is 4.52 Å². The molecule has 0 aliphatic rings. The number of para-hydroxylation sites is 1. The predicted molar refractivity (Wildman–Crippen MR) is 33.0 cm³/mol. The van der Waals surface area contributed by atoms with Gasteiger partial charge in [-0.3, -0.25) is 0 Å². The van der Waals surface area contributed by atoms with Crippen molar-refractivity contribution in [2.24, 2.45) is 0 Å². The van der Waals surface area contributed by atoms with E-state index < -0.39 is 0 Å². The van der Waals surface area contributed by atoms with Crippen LogP contribution in [0, 0.1) is 5.21 Å². The van der Waals surface area contributed by atoms with Gasteiger partial charge in [0.05, 0.1) is 5.10 Å². The largest absolute Gasteiger partial charge is 0.342 e. The Morgan fingerprint density at radius 3 is 3.00 bits per heavy atom. The van der Waals surface area contributed by atoms with Crippen molar-refractivity contribution in [2.45, 2.75) is 0 Å². The lowest BCUT2D eigenvalue weighted by Crippen LogP contribution is -2.25. The first kappa shape index (κ1) is 5.22. The average molecular weight is 136 g/mol. The molecule has 0 saturated carbocycles. The summed E-state index contributed by atoms with van der Waals surface area (Å²) in [5.41, 5.74) is 1.09. The topological polar surface area (TPSA) is 53.0 Å². The Morgan fingerprint density at radius 1 is 1.40 bits per heavy atom. The molecule has 2 aromatic rings. The van der Waals surface area contributed by atoms with Crippen molar-refractivity contribution < 1.29 is 9.54 Å². The number of hydrogen-bond donors (Lipinski definition) is 0. The molecule has 0 aliphatic heterocycles. The summed E-state index contributed by atoms with van der Waals surface area (Å²) in [6, 6.07) is 6.99. The van der Waals surface area contributed by atoms with Gasteiger partial charge in [-0.15, -0.1) is 0 Å². The molecule has 0 amide bonds. The quantitative estimate of drug-likeness (QED) is 0.494. The highest BCUT2D eigenvalue weighted by molar-refractivity contribution is 5.69. The third-order valence-corrected chi connectivity index (χ3v) is 1.23. The van der Waals surface area contributed by atoms with Crippen LogP contribution in [0.25, 0.3) is 11.1 Å². The van der Waals surface area contributed by atoms with E-state index in [9.17, 15) is 5.21 Å². The van der Waals surface area contributed by atoms with Crippen LogP contribution in [0.1, 0.15) is 0 Å². The van der Waals surface area contributed by atoms with E-state index in [-0.39, 0.29) is 5.02 Å². The summed E-state index contributed by atoms with van der Waals surface area (Å²) in [7, 11) is 0. The standard InChI is InChI=1S/C6H4N2O2/c9-8-7-5-3-1-2-4-6(5)10-8/h1-4H. The molecule has 0 aliphatic carbocycles. The molecule has 1 aromatic heterocycles. The van der Waals surface area contributed by atoms with Crippen LogP contribution in [0.4, 0.5) is 0 Å². The molecule has 1 aromatic carbocycles. The molecule has 0 fully saturated rings. The van der Waals surface area contributed by atoms with Gasteiger partial charge in [-0.25, -0.2) is 5.21 Å². The summed E-state index contributed by atoms with van der Waals surface area (Å²) in [4.78, 5) is 0. The number of benzene rings is 1. The molecule has 0 atom stereocenters. The van der Waals surface area contributed by atoms with E-state index >= 15 is 0 Å². The number of rotatable bonds is 0. The highest BCUT2D eigenvalue weighted by Gasteiger charge is 2.00. The normalized spacial score (nSPS) is 10.4. The minimum Gasteiger partial charge on any atom is -0.342 e. The second kappa shape index (κ2) is 1.70. The fourth-order valence-electron chi connectivity index (χ4n) is 0.809. The first-order valence-electron chi connectivity index (χ1n) is 2.82. The van der Waals surface area contributed by atoms with Gasteiger partial charge >= 0.3 is 0 Å². The van der Waals surface area contributed by atoms with Crippen LogP contribution in [-0.4, -0.2) is 5.10 Å². The summed E-state index contributed by atoms with van der Waals surface area (Å²) in [6.45, 7) is 0. The van der Waals surface area contributed by atoms with Crippen molar-refractivity contribution in [3.63, 3.8) is 0 Å². The summed E-state index contributed by atoms with van der Waals surface area (Å²) >= 11 is 0. The maximum Gasteiger partial charge on any atom is 0.179 e. The Hall–Kier alpha value is -1.58. The summed E-state index contributed by atoms with van der Waals surface area (Å²) < 4.78 is 4.62. The van der Waals surface area contributed by atoms with E-state index in [1.807, 2.05) is 0 Å².